The first-order chi connectivity index (χ1) is 9.90. The lowest BCUT2D eigenvalue weighted by Gasteiger charge is -2.04. The van der Waals surface area contributed by atoms with Crippen molar-refractivity contribution in [1.29, 1.82) is 0 Å². The van der Waals surface area contributed by atoms with Gasteiger partial charge in [0.05, 0.1) is 5.71 Å². The second-order valence-electron chi connectivity index (χ2n) is 4.52. The van der Waals surface area contributed by atoms with Crippen LogP contribution in [0.15, 0.2) is 45.3 Å². The van der Waals surface area contributed by atoms with E-state index >= 15 is 0 Å². The first kappa shape index (κ1) is 15.5. The molecule has 21 heavy (non-hydrogen) atoms. The third-order valence-corrected chi connectivity index (χ3v) is 3.67. The predicted octanol–water partition coefficient (Wildman–Crippen LogP) is 2.36. The van der Waals surface area contributed by atoms with E-state index in [0.717, 1.165) is 5.56 Å². The lowest BCUT2D eigenvalue weighted by Crippen LogP contribution is -2.37. The number of hydrogen-bond donors (Lipinski definition) is 0. The van der Waals surface area contributed by atoms with Gasteiger partial charge in [-0.25, -0.2) is 4.79 Å². The average Bonchev–Trinajstić information content (AvgIpc) is 2.48. The van der Waals surface area contributed by atoms with Gasteiger partial charge in [0.25, 0.3) is 0 Å². The molecule has 0 spiro atoms. The van der Waals surface area contributed by atoms with Gasteiger partial charge >= 0.3 is 5.69 Å². The SMILES string of the molecule is C/C(=N/N=c1\cc(Cl)n(C)c(=O)n1C)c1ccc(Cl)cc1. The molecule has 1 aromatic carbocycles. The smallest absolute Gasteiger partial charge is 0.287 e. The minimum Gasteiger partial charge on any atom is -0.287 e. The summed E-state index contributed by atoms with van der Waals surface area (Å²) < 4.78 is 2.71. The second-order valence-corrected chi connectivity index (χ2v) is 5.34. The number of rotatable bonds is 2. The van der Waals surface area contributed by atoms with Gasteiger partial charge in [0, 0.05) is 25.2 Å². The molecule has 0 aliphatic heterocycles. The largest absolute Gasteiger partial charge is 0.330 e. The van der Waals surface area contributed by atoms with Gasteiger partial charge in [-0.05, 0) is 24.6 Å². The van der Waals surface area contributed by atoms with Gasteiger partial charge in [-0.1, -0.05) is 35.3 Å². The first-order valence-corrected chi connectivity index (χ1v) is 6.92. The Bertz CT molecular complexity index is 816. The summed E-state index contributed by atoms with van der Waals surface area (Å²) in [5.74, 6) is 0. The summed E-state index contributed by atoms with van der Waals surface area (Å²) in [6, 6.07) is 8.86. The number of benzene rings is 1. The van der Waals surface area contributed by atoms with Crippen molar-refractivity contribution in [3.05, 3.63) is 62.0 Å². The maximum Gasteiger partial charge on any atom is 0.330 e. The zero-order valence-electron chi connectivity index (χ0n) is 11.8. The molecule has 1 heterocycles. The second kappa shape index (κ2) is 6.28. The van der Waals surface area contributed by atoms with E-state index in [4.69, 9.17) is 23.2 Å². The highest BCUT2D eigenvalue weighted by Gasteiger charge is 2.02. The van der Waals surface area contributed by atoms with Crippen LogP contribution < -0.4 is 11.2 Å². The summed E-state index contributed by atoms with van der Waals surface area (Å²) >= 11 is 11.8. The van der Waals surface area contributed by atoms with Crippen LogP contribution in [-0.4, -0.2) is 14.8 Å². The van der Waals surface area contributed by atoms with Crippen LogP contribution in [0.3, 0.4) is 0 Å². The molecule has 7 heteroatoms. The summed E-state index contributed by atoms with van der Waals surface area (Å²) in [5.41, 5.74) is 1.74. The Kier molecular flexibility index (Phi) is 4.65. The van der Waals surface area contributed by atoms with Crippen molar-refractivity contribution in [1.82, 2.24) is 9.13 Å². The molecule has 2 aromatic rings. The number of hydrogen-bond acceptors (Lipinski definition) is 3. The zero-order valence-corrected chi connectivity index (χ0v) is 13.4. The predicted molar refractivity (Wildman–Crippen MR) is 84.9 cm³/mol. The van der Waals surface area contributed by atoms with E-state index in [1.54, 1.807) is 32.3 Å². The van der Waals surface area contributed by atoms with E-state index in [9.17, 15) is 4.79 Å². The van der Waals surface area contributed by atoms with Gasteiger partial charge in [0.1, 0.15) is 5.15 Å². The molecule has 0 amide bonds. The van der Waals surface area contributed by atoms with Crippen LogP contribution in [0.4, 0.5) is 0 Å². The molecular weight excluding hydrogens is 311 g/mol. The molecule has 0 saturated heterocycles. The summed E-state index contributed by atoms with van der Waals surface area (Å²) in [6.07, 6.45) is 0. The molecule has 0 aliphatic rings. The van der Waals surface area contributed by atoms with Crippen molar-refractivity contribution < 1.29 is 0 Å². The Balaban J connectivity index is 2.48. The van der Waals surface area contributed by atoms with Gasteiger partial charge < -0.3 is 0 Å². The lowest BCUT2D eigenvalue weighted by atomic mass is 10.1. The first-order valence-electron chi connectivity index (χ1n) is 6.17. The van der Waals surface area contributed by atoms with Crippen LogP contribution in [-0.2, 0) is 14.1 Å². The Morgan fingerprint density at radius 1 is 1.10 bits per heavy atom. The van der Waals surface area contributed by atoms with E-state index in [2.05, 4.69) is 10.2 Å². The van der Waals surface area contributed by atoms with Crippen molar-refractivity contribution in [2.24, 2.45) is 24.3 Å². The Labute approximate surface area is 131 Å². The number of halogens is 2. The normalized spacial score (nSPS) is 12.8. The third kappa shape index (κ3) is 3.43. The molecule has 0 unspecified atom stereocenters. The number of aromatic nitrogens is 2. The molecule has 0 saturated carbocycles. The van der Waals surface area contributed by atoms with Crippen LogP contribution >= 0.6 is 23.2 Å². The molecule has 0 radical (unpaired) electrons. The fourth-order valence-electron chi connectivity index (χ4n) is 1.69. The lowest BCUT2D eigenvalue weighted by molar-refractivity contribution is 0.670. The molecule has 0 atom stereocenters. The molecule has 0 bridgehead atoms. The summed E-state index contributed by atoms with van der Waals surface area (Å²) in [6.45, 7) is 1.83. The Morgan fingerprint density at radius 3 is 2.33 bits per heavy atom. The minimum absolute atomic E-state index is 0.263. The van der Waals surface area contributed by atoms with E-state index < -0.39 is 0 Å². The van der Waals surface area contributed by atoms with Crippen molar-refractivity contribution >= 4 is 28.9 Å². The van der Waals surface area contributed by atoms with E-state index in [1.807, 2.05) is 19.1 Å². The van der Waals surface area contributed by atoms with Crippen molar-refractivity contribution in [2.45, 2.75) is 6.92 Å². The molecule has 110 valence electrons. The topological polar surface area (TPSA) is 51.6 Å². The van der Waals surface area contributed by atoms with Crippen molar-refractivity contribution in [2.75, 3.05) is 0 Å². The van der Waals surface area contributed by atoms with E-state index in [1.165, 1.54) is 9.13 Å². The van der Waals surface area contributed by atoms with Crippen LogP contribution in [0.2, 0.25) is 10.2 Å². The zero-order chi connectivity index (χ0) is 15.6. The fourth-order valence-corrected chi connectivity index (χ4v) is 1.98. The highest BCUT2D eigenvalue weighted by molar-refractivity contribution is 6.30. The minimum atomic E-state index is -0.263. The van der Waals surface area contributed by atoms with Crippen molar-refractivity contribution in [3.8, 4) is 0 Å². The summed E-state index contributed by atoms with van der Waals surface area (Å²) in [5, 5.41) is 9.19. The fraction of sp³-hybridized carbons (Fsp3) is 0.214. The molecule has 0 aliphatic carbocycles. The van der Waals surface area contributed by atoms with Gasteiger partial charge in [0.2, 0.25) is 0 Å². The maximum absolute atomic E-state index is 11.9. The average molecular weight is 325 g/mol. The quantitative estimate of drug-likeness (QED) is 0.475. The molecule has 0 N–H and O–H groups in total. The molecule has 0 fully saturated rings. The van der Waals surface area contributed by atoms with Gasteiger partial charge in [-0.3, -0.25) is 9.13 Å². The summed E-state index contributed by atoms with van der Waals surface area (Å²) in [4.78, 5) is 11.9. The highest BCUT2D eigenvalue weighted by atomic mass is 35.5. The van der Waals surface area contributed by atoms with Gasteiger partial charge in [-0.15, -0.1) is 5.10 Å². The van der Waals surface area contributed by atoms with Crippen LogP contribution in [0.5, 0.6) is 0 Å². The molecular formula is C14H14Cl2N4O. The highest BCUT2D eigenvalue weighted by Crippen LogP contribution is 2.10. The standard InChI is InChI=1S/C14H14Cl2N4O/c1-9(10-4-6-11(15)7-5-10)17-18-13-8-12(16)19(2)14(21)20(13)3/h4-8H,1-3H3/b17-9-,18-13+. The van der Waals surface area contributed by atoms with Crippen molar-refractivity contribution in [3.63, 3.8) is 0 Å². The molecule has 2 rings (SSSR count). The van der Waals surface area contributed by atoms with Crippen LogP contribution in [0.1, 0.15) is 12.5 Å². The Hall–Kier alpha value is -1.85. The van der Waals surface area contributed by atoms with Crippen LogP contribution in [0.25, 0.3) is 0 Å². The van der Waals surface area contributed by atoms with Gasteiger partial charge in [0.15, 0.2) is 5.49 Å². The van der Waals surface area contributed by atoms with E-state index in [0.29, 0.717) is 21.4 Å². The monoisotopic (exact) mass is 324 g/mol. The Morgan fingerprint density at radius 2 is 1.71 bits per heavy atom. The summed E-state index contributed by atoms with van der Waals surface area (Å²) in [7, 11) is 3.21. The molecule has 5 nitrogen and oxygen atoms in total. The van der Waals surface area contributed by atoms with Gasteiger partial charge in [-0.2, -0.15) is 5.10 Å². The maximum atomic E-state index is 11.9. The van der Waals surface area contributed by atoms with Crippen LogP contribution in [0, 0.1) is 0 Å². The third-order valence-electron chi connectivity index (χ3n) is 3.05. The number of nitrogens with zero attached hydrogens (tertiary/aromatic N) is 4. The van der Waals surface area contributed by atoms with E-state index in [-0.39, 0.29) is 5.69 Å². The molecule has 1 aromatic heterocycles.